The van der Waals surface area contributed by atoms with Crippen LogP contribution in [0.15, 0.2) is 0 Å². The second kappa shape index (κ2) is 6.42. The lowest BCUT2D eigenvalue weighted by Gasteiger charge is -2.31. The first-order valence-electron chi connectivity index (χ1n) is 5.71. The Labute approximate surface area is 107 Å². The van der Waals surface area contributed by atoms with Crippen molar-refractivity contribution in [3.05, 3.63) is 0 Å². The molecule has 1 aliphatic rings. The van der Waals surface area contributed by atoms with Crippen LogP contribution in [-0.4, -0.2) is 29.0 Å². The van der Waals surface area contributed by atoms with Gasteiger partial charge in [-0.05, 0) is 12.8 Å². The van der Waals surface area contributed by atoms with Crippen molar-refractivity contribution in [2.75, 3.05) is 5.33 Å². The molecule has 1 amide bonds. The van der Waals surface area contributed by atoms with E-state index in [1.165, 1.54) is 0 Å². The van der Waals surface area contributed by atoms with Gasteiger partial charge in [0, 0.05) is 0 Å². The standard InChI is InChI=1S/C11H16BrF2NO2/c12-7-8(16)11(15-10(17)9(13)14)5-3-1-2-4-6-11/h9H,1-7H2,(H,15,17). The number of alkyl halides is 3. The minimum absolute atomic E-state index is 0.0799. The summed E-state index contributed by atoms with van der Waals surface area (Å²) >= 11 is 3.05. The molecule has 0 heterocycles. The van der Waals surface area contributed by atoms with Crippen LogP contribution in [0.5, 0.6) is 0 Å². The molecule has 1 saturated carbocycles. The third kappa shape index (κ3) is 3.72. The lowest BCUT2D eigenvalue weighted by molar-refractivity contribution is -0.138. The summed E-state index contributed by atoms with van der Waals surface area (Å²) in [7, 11) is 0. The molecule has 17 heavy (non-hydrogen) atoms. The van der Waals surface area contributed by atoms with Gasteiger partial charge in [-0.2, -0.15) is 8.78 Å². The molecule has 0 bridgehead atoms. The lowest BCUT2D eigenvalue weighted by atomic mass is 9.86. The molecule has 0 atom stereocenters. The highest BCUT2D eigenvalue weighted by Gasteiger charge is 2.40. The molecule has 6 heteroatoms. The molecule has 3 nitrogen and oxygen atoms in total. The third-order valence-electron chi connectivity index (χ3n) is 3.17. The Kier molecular flexibility index (Phi) is 5.49. The number of carbonyl (C=O) groups excluding carboxylic acids is 2. The van der Waals surface area contributed by atoms with Crippen LogP contribution in [-0.2, 0) is 9.59 Å². The summed E-state index contributed by atoms with van der Waals surface area (Å²) < 4.78 is 24.6. The van der Waals surface area contributed by atoms with E-state index < -0.39 is 17.9 Å². The fourth-order valence-corrected chi connectivity index (χ4v) is 2.76. The van der Waals surface area contributed by atoms with Crippen LogP contribution < -0.4 is 5.32 Å². The van der Waals surface area contributed by atoms with E-state index in [0.717, 1.165) is 25.7 Å². The molecular formula is C11H16BrF2NO2. The fourth-order valence-electron chi connectivity index (χ4n) is 2.22. The Morgan fingerprint density at radius 2 is 1.71 bits per heavy atom. The minimum Gasteiger partial charge on any atom is -0.339 e. The summed E-state index contributed by atoms with van der Waals surface area (Å²) in [5, 5.41) is 2.33. The van der Waals surface area contributed by atoms with E-state index in [2.05, 4.69) is 21.2 Å². The van der Waals surface area contributed by atoms with Gasteiger partial charge >= 0.3 is 6.43 Å². The molecule has 0 radical (unpaired) electrons. The van der Waals surface area contributed by atoms with Crippen molar-refractivity contribution in [1.29, 1.82) is 0 Å². The summed E-state index contributed by atoms with van der Waals surface area (Å²) in [5.74, 6) is -1.56. The SMILES string of the molecule is O=C(NC1(C(=O)CBr)CCCCCC1)C(F)F. The predicted molar refractivity (Wildman–Crippen MR) is 63.4 cm³/mol. The van der Waals surface area contributed by atoms with E-state index in [4.69, 9.17) is 0 Å². The van der Waals surface area contributed by atoms with Crippen LogP contribution in [0.25, 0.3) is 0 Å². The normalized spacial score (nSPS) is 19.8. The Bertz CT molecular complexity index is 289. The van der Waals surface area contributed by atoms with Crippen LogP contribution >= 0.6 is 15.9 Å². The van der Waals surface area contributed by atoms with E-state index >= 15 is 0 Å². The summed E-state index contributed by atoms with van der Waals surface area (Å²) in [4.78, 5) is 23.0. The first-order valence-corrected chi connectivity index (χ1v) is 6.83. The van der Waals surface area contributed by atoms with Gasteiger partial charge in [0.2, 0.25) is 0 Å². The van der Waals surface area contributed by atoms with Gasteiger partial charge in [-0.15, -0.1) is 0 Å². The van der Waals surface area contributed by atoms with Crippen LogP contribution in [0, 0.1) is 0 Å². The molecule has 0 aromatic carbocycles. The van der Waals surface area contributed by atoms with Crippen LogP contribution in [0.1, 0.15) is 38.5 Å². The van der Waals surface area contributed by atoms with Crippen LogP contribution in [0.3, 0.4) is 0 Å². The summed E-state index contributed by atoms with van der Waals surface area (Å²) in [6, 6.07) is 0. The van der Waals surface area contributed by atoms with Crippen molar-refractivity contribution in [3.63, 3.8) is 0 Å². The van der Waals surface area contributed by atoms with Gasteiger partial charge < -0.3 is 5.32 Å². The van der Waals surface area contributed by atoms with E-state index in [1.807, 2.05) is 0 Å². The molecule has 98 valence electrons. The third-order valence-corrected chi connectivity index (χ3v) is 3.68. The highest BCUT2D eigenvalue weighted by Crippen LogP contribution is 2.29. The van der Waals surface area contributed by atoms with Crippen molar-refractivity contribution < 1.29 is 18.4 Å². The van der Waals surface area contributed by atoms with Gasteiger partial charge in [0.05, 0.1) is 10.9 Å². The Balaban J connectivity index is 2.84. The molecule has 0 spiro atoms. The van der Waals surface area contributed by atoms with E-state index in [0.29, 0.717) is 12.8 Å². The second-order valence-corrected chi connectivity index (χ2v) is 4.90. The van der Waals surface area contributed by atoms with E-state index in [-0.39, 0.29) is 11.1 Å². The average molecular weight is 312 g/mol. The number of ketones is 1. The number of rotatable bonds is 4. The zero-order valence-corrected chi connectivity index (χ0v) is 11.1. The molecule has 1 N–H and O–H groups in total. The van der Waals surface area contributed by atoms with Crippen molar-refractivity contribution >= 4 is 27.6 Å². The van der Waals surface area contributed by atoms with Gasteiger partial charge in [-0.1, -0.05) is 41.6 Å². The molecule has 0 aliphatic heterocycles. The fraction of sp³-hybridized carbons (Fsp3) is 0.818. The average Bonchev–Trinajstić information content (AvgIpc) is 2.54. The zero-order valence-electron chi connectivity index (χ0n) is 9.48. The van der Waals surface area contributed by atoms with Gasteiger partial charge in [0.1, 0.15) is 0 Å². The van der Waals surface area contributed by atoms with Crippen LogP contribution in [0.2, 0.25) is 0 Å². The van der Waals surface area contributed by atoms with Gasteiger partial charge in [0.15, 0.2) is 5.78 Å². The molecule has 0 aromatic heterocycles. The van der Waals surface area contributed by atoms with Crippen molar-refractivity contribution in [2.45, 2.75) is 50.5 Å². The molecular weight excluding hydrogens is 296 g/mol. The van der Waals surface area contributed by atoms with E-state index in [9.17, 15) is 18.4 Å². The lowest BCUT2D eigenvalue weighted by Crippen LogP contribution is -2.56. The van der Waals surface area contributed by atoms with Crippen molar-refractivity contribution in [3.8, 4) is 0 Å². The number of carbonyl (C=O) groups is 2. The summed E-state index contributed by atoms with van der Waals surface area (Å²) in [5.41, 5.74) is -1.09. The first kappa shape index (κ1) is 14.5. The molecule has 1 fully saturated rings. The van der Waals surface area contributed by atoms with Crippen molar-refractivity contribution in [2.24, 2.45) is 0 Å². The number of hydrogen-bond donors (Lipinski definition) is 1. The Morgan fingerprint density at radius 1 is 1.18 bits per heavy atom. The Morgan fingerprint density at radius 3 is 2.12 bits per heavy atom. The van der Waals surface area contributed by atoms with Gasteiger partial charge in [-0.3, -0.25) is 9.59 Å². The summed E-state index contributed by atoms with van der Waals surface area (Å²) in [6.45, 7) is 0. The Hall–Kier alpha value is -0.520. The topological polar surface area (TPSA) is 46.2 Å². The highest BCUT2D eigenvalue weighted by molar-refractivity contribution is 9.09. The maximum absolute atomic E-state index is 12.3. The predicted octanol–water partition coefficient (Wildman–Crippen LogP) is 2.42. The molecule has 0 saturated heterocycles. The first-order chi connectivity index (χ1) is 8.02. The largest absolute Gasteiger partial charge is 0.339 e. The number of Topliss-reactive ketones (excluding diaryl/α,β-unsaturated/α-hetero) is 1. The van der Waals surface area contributed by atoms with Crippen LogP contribution in [0.4, 0.5) is 8.78 Å². The quantitative estimate of drug-likeness (QED) is 0.640. The number of halogens is 3. The number of hydrogen-bond acceptors (Lipinski definition) is 2. The minimum atomic E-state index is -3.07. The number of nitrogens with one attached hydrogen (secondary N) is 1. The maximum Gasteiger partial charge on any atom is 0.315 e. The van der Waals surface area contributed by atoms with Crippen molar-refractivity contribution in [1.82, 2.24) is 5.32 Å². The smallest absolute Gasteiger partial charge is 0.315 e. The zero-order chi connectivity index (χ0) is 12.9. The molecule has 0 aromatic rings. The molecule has 0 unspecified atom stereocenters. The van der Waals surface area contributed by atoms with Gasteiger partial charge in [0.25, 0.3) is 5.91 Å². The van der Waals surface area contributed by atoms with Gasteiger partial charge in [-0.25, -0.2) is 0 Å². The second-order valence-electron chi connectivity index (χ2n) is 4.34. The summed E-state index contributed by atoms with van der Waals surface area (Å²) in [6.07, 6.45) is 1.35. The monoisotopic (exact) mass is 311 g/mol. The number of amides is 1. The maximum atomic E-state index is 12.3. The molecule has 1 rings (SSSR count). The highest BCUT2D eigenvalue weighted by atomic mass is 79.9. The molecule has 1 aliphatic carbocycles. The van der Waals surface area contributed by atoms with E-state index in [1.54, 1.807) is 0 Å².